The van der Waals surface area contributed by atoms with Gasteiger partial charge < -0.3 is 15.0 Å². The molecule has 1 atom stereocenters. The minimum absolute atomic E-state index is 0.394. The minimum atomic E-state index is -0.394. The average Bonchev–Trinajstić information content (AvgIpc) is 2.72. The van der Waals surface area contributed by atoms with Crippen molar-refractivity contribution in [3.8, 4) is 0 Å². The number of hydrogen-bond acceptors (Lipinski definition) is 6. The topological polar surface area (TPSA) is 67.3 Å². The number of rotatable bonds is 7. The third-order valence-electron chi connectivity index (χ3n) is 5.70. The predicted molar refractivity (Wildman–Crippen MR) is 107 cm³/mol. The molecule has 0 aromatic carbocycles. The number of hydrogen-bond donors (Lipinski definition) is 1. The van der Waals surface area contributed by atoms with Crippen molar-refractivity contribution in [3.05, 3.63) is 24.2 Å². The second kappa shape index (κ2) is 10.4. The number of nitrogens with one attached hydrogen (secondary N) is 1. The van der Waals surface area contributed by atoms with E-state index >= 15 is 0 Å². The van der Waals surface area contributed by atoms with Gasteiger partial charge in [-0.1, -0.05) is 32.1 Å². The molecule has 1 aromatic rings. The van der Waals surface area contributed by atoms with Gasteiger partial charge in [-0.15, -0.1) is 0 Å². The molecule has 0 bridgehead atoms. The van der Waals surface area contributed by atoms with Crippen molar-refractivity contribution in [2.45, 2.75) is 57.4 Å². The Bertz CT molecular complexity index is 611. The Hall–Kier alpha value is -1.95. The summed E-state index contributed by atoms with van der Waals surface area (Å²) in [6.45, 7) is 3.53. The highest BCUT2D eigenvalue weighted by Crippen LogP contribution is 2.27. The van der Waals surface area contributed by atoms with Crippen molar-refractivity contribution in [1.29, 1.82) is 0 Å². The van der Waals surface area contributed by atoms with Gasteiger partial charge in [-0.25, -0.2) is 9.78 Å². The van der Waals surface area contributed by atoms with Crippen LogP contribution in [-0.4, -0.2) is 53.6 Å². The van der Waals surface area contributed by atoms with Crippen LogP contribution in [0.4, 0.5) is 5.82 Å². The molecule has 2 heterocycles. The molecule has 2 aliphatic rings. The molecule has 3 rings (SSSR count). The van der Waals surface area contributed by atoms with E-state index in [9.17, 15) is 4.79 Å². The first-order chi connectivity index (χ1) is 13.2. The Morgan fingerprint density at radius 2 is 2.07 bits per heavy atom. The number of aromatic nitrogens is 2. The Morgan fingerprint density at radius 3 is 2.81 bits per heavy atom. The molecule has 0 amide bonds. The third kappa shape index (κ3) is 6.61. The summed E-state index contributed by atoms with van der Waals surface area (Å²) in [5.74, 6) is 1.35. The van der Waals surface area contributed by atoms with Gasteiger partial charge in [0.05, 0.1) is 25.2 Å². The average molecular weight is 373 g/mol. The second-order valence-corrected chi connectivity index (χ2v) is 7.76. The van der Waals surface area contributed by atoms with Crippen LogP contribution >= 0.6 is 0 Å². The molecule has 1 N–H and O–H groups in total. The number of anilines is 1. The van der Waals surface area contributed by atoms with E-state index in [4.69, 9.17) is 0 Å². The lowest BCUT2D eigenvalue weighted by Gasteiger charge is -2.34. The SMILES string of the molecule is COC(=O)/C=C/c1cnc(N[C@@H]2CCCN(CCC3CCCCC3)C2)cn1. The van der Waals surface area contributed by atoms with Crippen molar-refractivity contribution >= 4 is 17.9 Å². The zero-order valence-corrected chi connectivity index (χ0v) is 16.4. The van der Waals surface area contributed by atoms with Crippen LogP contribution in [0.25, 0.3) is 6.08 Å². The maximum atomic E-state index is 11.1. The molecule has 1 saturated heterocycles. The summed E-state index contributed by atoms with van der Waals surface area (Å²) in [4.78, 5) is 22.5. The summed E-state index contributed by atoms with van der Waals surface area (Å²) in [7, 11) is 1.36. The monoisotopic (exact) mass is 372 g/mol. The van der Waals surface area contributed by atoms with Crippen molar-refractivity contribution in [3.63, 3.8) is 0 Å². The summed E-state index contributed by atoms with van der Waals surface area (Å²) < 4.78 is 4.57. The summed E-state index contributed by atoms with van der Waals surface area (Å²) >= 11 is 0. The van der Waals surface area contributed by atoms with E-state index in [0.717, 1.165) is 18.3 Å². The molecule has 1 aliphatic carbocycles. The predicted octanol–water partition coefficient (Wildman–Crippen LogP) is 3.51. The number of methoxy groups -OCH3 is 1. The number of carbonyl (C=O) groups excluding carboxylic acids is 1. The van der Waals surface area contributed by atoms with Crippen LogP contribution in [0, 0.1) is 5.92 Å². The van der Waals surface area contributed by atoms with Crippen LogP contribution in [0.3, 0.4) is 0 Å². The van der Waals surface area contributed by atoms with E-state index in [-0.39, 0.29) is 0 Å². The Morgan fingerprint density at radius 1 is 1.22 bits per heavy atom. The lowest BCUT2D eigenvalue weighted by molar-refractivity contribution is -0.134. The Kier molecular flexibility index (Phi) is 7.63. The third-order valence-corrected chi connectivity index (χ3v) is 5.70. The van der Waals surface area contributed by atoms with E-state index < -0.39 is 5.97 Å². The number of piperidine rings is 1. The lowest BCUT2D eigenvalue weighted by atomic mass is 9.87. The number of esters is 1. The van der Waals surface area contributed by atoms with Crippen molar-refractivity contribution in [2.24, 2.45) is 5.92 Å². The first kappa shape index (κ1) is 19.8. The Balaban J connectivity index is 1.44. The quantitative estimate of drug-likeness (QED) is 0.584. The van der Waals surface area contributed by atoms with Gasteiger partial charge >= 0.3 is 5.97 Å². The molecule has 2 fully saturated rings. The van der Waals surface area contributed by atoms with Crippen molar-refractivity contribution in [1.82, 2.24) is 14.9 Å². The fraction of sp³-hybridized carbons (Fsp3) is 0.667. The van der Waals surface area contributed by atoms with Crippen LogP contribution in [0.5, 0.6) is 0 Å². The number of carbonyl (C=O) groups is 1. The summed E-state index contributed by atoms with van der Waals surface area (Å²) in [6.07, 6.45) is 17.3. The van der Waals surface area contributed by atoms with Crippen molar-refractivity contribution in [2.75, 3.05) is 32.1 Å². The summed E-state index contributed by atoms with van der Waals surface area (Å²) in [6, 6.07) is 0.427. The molecule has 1 saturated carbocycles. The lowest BCUT2D eigenvalue weighted by Crippen LogP contribution is -2.43. The molecular formula is C21H32N4O2. The summed E-state index contributed by atoms with van der Waals surface area (Å²) in [5.41, 5.74) is 0.642. The first-order valence-electron chi connectivity index (χ1n) is 10.3. The highest BCUT2D eigenvalue weighted by molar-refractivity contribution is 5.86. The molecule has 6 heteroatoms. The van der Waals surface area contributed by atoms with Crippen LogP contribution in [0.2, 0.25) is 0 Å². The first-order valence-corrected chi connectivity index (χ1v) is 10.3. The summed E-state index contributed by atoms with van der Waals surface area (Å²) in [5, 5.41) is 3.52. The van der Waals surface area contributed by atoms with Crippen LogP contribution in [0.15, 0.2) is 18.5 Å². The molecule has 0 unspecified atom stereocenters. The smallest absolute Gasteiger partial charge is 0.330 e. The van der Waals surface area contributed by atoms with Gasteiger partial charge in [0.1, 0.15) is 5.82 Å². The van der Waals surface area contributed by atoms with Crippen LogP contribution in [0.1, 0.15) is 57.1 Å². The largest absolute Gasteiger partial charge is 0.466 e. The second-order valence-electron chi connectivity index (χ2n) is 7.76. The number of likely N-dealkylation sites (tertiary alicyclic amines) is 1. The van der Waals surface area contributed by atoms with Gasteiger partial charge in [0.25, 0.3) is 0 Å². The van der Waals surface area contributed by atoms with Gasteiger partial charge in [0.15, 0.2) is 0 Å². The number of nitrogens with zero attached hydrogens (tertiary/aromatic N) is 3. The van der Waals surface area contributed by atoms with Crippen molar-refractivity contribution < 1.29 is 9.53 Å². The maximum absolute atomic E-state index is 11.1. The van der Waals surface area contributed by atoms with Gasteiger partial charge in [0.2, 0.25) is 0 Å². The molecule has 148 valence electrons. The normalized spacial score (nSPS) is 22.0. The zero-order chi connectivity index (χ0) is 18.9. The van der Waals surface area contributed by atoms with Gasteiger partial charge in [-0.3, -0.25) is 4.98 Å². The highest BCUT2D eigenvalue weighted by atomic mass is 16.5. The van der Waals surface area contributed by atoms with Gasteiger partial charge in [-0.05, 0) is 44.3 Å². The molecule has 0 radical (unpaired) electrons. The maximum Gasteiger partial charge on any atom is 0.330 e. The van der Waals surface area contributed by atoms with E-state index in [2.05, 4.69) is 24.9 Å². The molecule has 1 aliphatic heterocycles. The van der Waals surface area contributed by atoms with Crippen LogP contribution in [-0.2, 0) is 9.53 Å². The van der Waals surface area contributed by atoms with E-state index in [0.29, 0.717) is 11.7 Å². The van der Waals surface area contributed by atoms with E-state index in [1.54, 1.807) is 18.5 Å². The van der Waals surface area contributed by atoms with Crippen LogP contribution < -0.4 is 5.32 Å². The minimum Gasteiger partial charge on any atom is -0.466 e. The zero-order valence-electron chi connectivity index (χ0n) is 16.4. The molecule has 6 nitrogen and oxygen atoms in total. The van der Waals surface area contributed by atoms with Gasteiger partial charge in [0, 0.05) is 18.7 Å². The fourth-order valence-corrected chi connectivity index (χ4v) is 4.15. The van der Waals surface area contributed by atoms with E-state index in [1.165, 1.54) is 77.6 Å². The standard InChI is InChI=1S/C21H32N4O2/c1-27-21(26)10-9-18-14-23-20(15-22-18)24-19-8-5-12-25(16-19)13-11-17-6-3-2-4-7-17/h9-10,14-15,17,19H,2-8,11-13,16H2,1H3,(H,23,24)/b10-9+/t19-/m1/s1. The highest BCUT2D eigenvalue weighted by Gasteiger charge is 2.21. The van der Waals surface area contributed by atoms with E-state index in [1.807, 2.05) is 0 Å². The Labute approximate surface area is 162 Å². The molecule has 1 aromatic heterocycles. The van der Waals surface area contributed by atoms with Gasteiger partial charge in [-0.2, -0.15) is 0 Å². The molecular weight excluding hydrogens is 340 g/mol. The molecule has 27 heavy (non-hydrogen) atoms. The fourth-order valence-electron chi connectivity index (χ4n) is 4.15. The number of ether oxygens (including phenoxy) is 1. The molecule has 0 spiro atoms.